The molecule has 0 heterocycles. The van der Waals surface area contributed by atoms with Crippen LogP contribution < -0.4 is 0 Å². The van der Waals surface area contributed by atoms with Gasteiger partial charge in [0.2, 0.25) is 0 Å². The van der Waals surface area contributed by atoms with E-state index in [2.05, 4.69) is 5.18 Å². The average Bonchev–Trinajstić information content (AvgIpc) is 2.30. The van der Waals surface area contributed by atoms with Crippen molar-refractivity contribution in [1.29, 1.82) is 0 Å². The Morgan fingerprint density at radius 2 is 1.77 bits per heavy atom. The SMILES string of the molecule is O=NC1(CC(=O)O)CCCCCC1. The van der Waals surface area contributed by atoms with Gasteiger partial charge in [0.1, 0.15) is 5.54 Å². The number of nitroso groups, excluding NO2 is 1. The molecule has 0 atom stereocenters. The van der Waals surface area contributed by atoms with Crippen LogP contribution >= 0.6 is 0 Å². The van der Waals surface area contributed by atoms with Gasteiger partial charge in [0, 0.05) is 0 Å². The second-order valence-electron chi connectivity index (χ2n) is 3.80. The molecule has 0 radical (unpaired) electrons. The number of carbonyl (C=O) groups is 1. The molecule has 0 spiro atoms. The van der Waals surface area contributed by atoms with Gasteiger partial charge in [0.15, 0.2) is 0 Å². The molecule has 4 heteroatoms. The molecule has 1 saturated carbocycles. The normalized spacial score (nSPS) is 21.8. The van der Waals surface area contributed by atoms with E-state index in [0.29, 0.717) is 12.8 Å². The average molecular weight is 185 g/mol. The van der Waals surface area contributed by atoms with Gasteiger partial charge in [0.25, 0.3) is 0 Å². The van der Waals surface area contributed by atoms with Crippen molar-refractivity contribution in [2.24, 2.45) is 5.18 Å². The van der Waals surface area contributed by atoms with E-state index in [4.69, 9.17) is 5.11 Å². The largest absolute Gasteiger partial charge is 0.481 e. The number of hydrogen-bond donors (Lipinski definition) is 1. The predicted octanol–water partition coefficient (Wildman–Crippen LogP) is 2.32. The molecule has 0 aliphatic heterocycles. The molecule has 0 bridgehead atoms. The van der Waals surface area contributed by atoms with E-state index in [1.165, 1.54) is 0 Å². The van der Waals surface area contributed by atoms with E-state index in [9.17, 15) is 9.70 Å². The van der Waals surface area contributed by atoms with Gasteiger partial charge in [-0.3, -0.25) is 4.79 Å². The van der Waals surface area contributed by atoms with Crippen LogP contribution in [0.25, 0.3) is 0 Å². The zero-order valence-electron chi connectivity index (χ0n) is 7.66. The number of nitrogens with zero attached hydrogens (tertiary/aromatic N) is 1. The Balaban J connectivity index is 2.64. The third-order valence-corrected chi connectivity index (χ3v) is 2.71. The summed E-state index contributed by atoms with van der Waals surface area (Å²) in [5, 5.41) is 11.7. The molecule has 0 aromatic heterocycles. The van der Waals surface area contributed by atoms with Crippen LogP contribution in [0, 0.1) is 4.91 Å². The first-order chi connectivity index (χ1) is 6.18. The molecule has 1 aliphatic rings. The van der Waals surface area contributed by atoms with Crippen molar-refractivity contribution in [3.8, 4) is 0 Å². The number of rotatable bonds is 3. The summed E-state index contributed by atoms with van der Waals surface area (Å²) in [7, 11) is 0. The molecule has 0 saturated heterocycles. The number of aliphatic carboxylic acids is 1. The lowest BCUT2D eigenvalue weighted by atomic mass is 9.88. The summed E-state index contributed by atoms with van der Waals surface area (Å²) >= 11 is 0. The van der Waals surface area contributed by atoms with Crippen molar-refractivity contribution in [1.82, 2.24) is 0 Å². The standard InChI is InChI=1S/C9H15NO3/c11-8(12)7-9(10-13)5-3-1-2-4-6-9/h1-7H2,(H,11,12). The lowest BCUT2D eigenvalue weighted by Gasteiger charge is -2.21. The number of carboxylic acid groups (broad SMARTS) is 1. The Kier molecular flexibility index (Phi) is 3.39. The first-order valence-corrected chi connectivity index (χ1v) is 4.75. The van der Waals surface area contributed by atoms with E-state index < -0.39 is 11.5 Å². The molecule has 1 rings (SSSR count). The molecule has 1 fully saturated rings. The monoisotopic (exact) mass is 185 g/mol. The van der Waals surface area contributed by atoms with Crippen molar-refractivity contribution in [2.75, 3.05) is 0 Å². The Morgan fingerprint density at radius 1 is 1.23 bits per heavy atom. The van der Waals surface area contributed by atoms with Gasteiger partial charge in [-0.05, 0) is 12.8 Å². The summed E-state index contributed by atoms with van der Waals surface area (Å²) < 4.78 is 0. The summed E-state index contributed by atoms with van der Waals surface area (Å²) in [5.41, 5.74) is -0.803. The molecule has 0 aromatic rings. The first-order valence-electron chi connectivity index (χ1n) is 4.75. The number of hydrogen-bond acceptors (Lipinski definition) is 3. The zero-order chi connectivity index (χ0) is 9.73. The third-order valence-electron chi connectivity index (χ3n) is 2.71. The van der Waals surface area contributed by atoms with E-state index in [1.807, 2.05) is 0 Å². The Labute approximate surface area is 77.3 Å². The van der Waals surface area contributed by atoms with Gasteiger partial charge in [-0.25, -0.2) is 0 Å². The highest BCUT2D eigenvalue weighted by molar-refractivity contribution is 5.68. The molecule has 0 unspecified atom stereocenters. The van der Waals surface area contributed by atoms with E-state index in [0.717, 1.165) is 25.7 Å². The number of carboxylic acids is 1. The Hall–Kier alpha value is -0.930. The van der Waals surface area contributed by atoms with E-state index >= 15 is 0 Å². The van der Waals surface area contributed by atoms with Crippen LogP contribution in [0.2, 0.25) is 0 Å². The van der Waals surface area contributed by atoms with Crippen molar-refractivity contribution >= 4 is 5.97 Å². The maximum atomic E-state index is 10.7. The van der Waals surface area contributed by atoms with Crippen molar-refractivity contribution in [3.05, 3.63) is 4.91 Å². The molecule has 74 valence electrons. The molecule has 1 N–H and O–H groups in total. The topological polar surface area (TPSA) is 66.7 Å². The van der Waals surface area contributed by atoms with Crippen LogP contribution in [-0.4, -0.2) is 16.6 Å². The van der Waals surface area contributed by atoms with Crippen LogP contribution in [0.1, 0.15) is 44.9 Å². The Bertz CT molecular complexity index is 195. The summed E-state index contributed by atoms with van der Waals surface area (Å²) in [6.07, 6.45) is 5.23. The molecule has 4 nitrogen and oxygen atoms in total. The van der Waals surface area contributed by atoms with Gasteiger partial charge in [0.05, 0.1) is 6.42 Å². The summed E-state index contributed by atoms with van der Waals surface area (Å²) in [4.78, 5) is 21.2. The molecule has 13 heavy (non-hydrogen) atoms. The maximum absolute atomic E-state index is 10.7. The minimum Gasteiger partial charge on any atom is -0.481 e. The maximum Gasteiger partial charge on any atom is 0.305 e. The second kappa shape index (κ2) is 4.35. The summed E-state index contributed by atoms with van der Waals surface area (Å²) in [6.45, 7) is 0. The van der Waals surface area contributed by atoms with Crippen LogP contribution in [0.4, 0.5) is 0 Å². The predicted molar refractivity (Wildman–Crippen MR) is 48.5 cm³/mol. The molecule has 0 amide bonds. The minimum absolute atomic E-state index is 0.101. The highest BCUT2D eigenvalue weighted by Gasteiger charge is 2.34. The summed E-state index contributed by atoms with van der Waals surface area (Å²) in [5.74, 6) is -0.915. The van der Waals surface area contributed by atoms with Crippen LogP contribution in [0.3, 0.4) is 0 Å². The van der Waals surface area contributed by atoms with E-state index in [1.54, 1.807) is 0 Å². The van der Waals surface area contributed by atoms with Gasteiger partial charge in [-0.2, -0.15) is 4.91 Å². The fourth-order valence-corrected chi connectivity index (χ4v) is 1.97. The van der Waals surface area contributed by atoms with Crippen molar-refractivity contribution < 1.29 is 9.90 Å². The Morgan fingerprint density at radius 3 is 2.15 bits per heavy atom. The lowest BCUT2D eigenvalue weighted by Crippen LogP contribution is -2.28. The van der Waals surface area contributed by atoms with Gasteiger partial charge < -0.3 is 5.11 Å². The summed E-state index contributed by atoms with van der Waals surface area (Å²) in [6, 6.07) is 0. The fraction of sp³-hybridized carbons (Fsp3) is 0.889. The van der Waals surface area contributed by atoms with Crippen LogP contribution in [0.15, 0.2) is 5.18 Å². The van der Waals surface area contributed by atoms with Crippen LogP contribution in [-0.2, 0) is 4.79 Å². The zero-order valence-corrected chi connectivity index (χ0v) is 7.66. The first kappa shape index (κ1) is 10.2. The van der Waals surface area contributed by atoms with Crippen LogP contribution in [0.5, 0.6) is 0 Å². The third kappa shape index (κ3) is 2.79. The molecule has 1 aliphatic carbocycles. The fourth-order valence-electron chi connectivity index (χ4n) is 1.97. The minimum atomic E-state index is -0.915. The highest BCUT2D eigenvalue weighted by atomic mass is 16.4. The lowest BCUT2D eigenvalue weighted by molar-refractivity contribution is -0.138. The van der Waals surface area contributed by atoms with Gasteiger partial charge in [-0.1, -0.05) is 30.9 Å². The van der Waals surface area contributed by atoms with Crippen molar-refractivity contribution in [3.63, 3.8) is 0 Å². The van der Waals surface area contributed by atoms with Crippen molar-refractivity contribution in [2.45, 2.75) is 50.5 Å². The van der Waals surface area contributed by atoms with Gasteiger partial charge in [-0.15, -0.1) is 0 Å². The van der Waals surface area contributed by atoms with Gasteiger partial charge >= 0.3 is 5.97 Å². The smallest absolute Gasteiger partial charge is 0.305 e. The quantitative estimate of drug-likeness (QED) is 0.542. The molecular weight excluding hydrogens is 170 g/mol. The molecule has 0 aromatic carbocycles. The second-order valence-corrected chi connectivity index (χ2v) is 3.80. The van der Waals surface area contributed by atoms with E-state index in [-0.39, 0.29) is 6.42 Å². The highest BCUT2D eigenvalue weighted by Crippen LogP contribution is 2.33. The molecular formula is C9H15NO3.